The lowest BCUT2D eigenvalue weighted by molar-refractivity contribution is -0.163. The zero-order valence-corrected chi connectivity index (χ0v) is 33.6. The molecule has 2 aromatic carbocycles. The lowest BCUT2D eigenvalue weighted by Gasteiger charge is -2.41. The van der Waals surface area contributed by atoms with E-state index in [2.05, 4.69) is 37.2 Å². The van der Waals surface area contributed by atoms with E-state index in [1.54, 1.807) is 17.1 Å². The van der Waals surface area contributed by atoms with Crippen molar-refractivity contribution in [3.8, 4) is 0 Å². The van der Waals surface area contributed by atoms with E-state index in [9.17, 15) is 14.7 Å². The summed E-state index contributed by atoms with van der Waals surface area (Å²) < 4.78 is 18.7. The van der Waals surface area contributed by atoms with E-state index in [0.29, 0.717) is 36.9 Å². The summed E-state index contributed by atoms with van der Waals surface area (Å²) >= 11 is 0. The number of nitrogens with zero attached hydrogens (tertiary/aromatic N) is 3. The minimum absolute atomic E-state index is 0.0516. The van der Waals surface area contributed by atoms with Gasteiger partial charge in [0.05, 0.1) is 43.2 Å². The number of hydrogen-bond acceptors (Lipinski definition) is 9. The zero-order valence-electron chi connectivity index (χ0n) is 33.6. The highest BCUT2D eigenvalue weighted by Gasteiger charge is 2.76. The standard InChI is InChI=1S/C44H60N4O8/c1-8-13-19-36(50)45-33(28-54-7)39(30-17-15-14-16-18-30)55-43(53)37-35-24-25-44(56-35)38(37)41(51)48(34(27-49)29(6)10-3)40(44)42(52)47(26-9-2)32-22-20-31(21-23-32)46(11-4)12-5/h8-9,14-18,20-23,29,33-35,37-40,49H,1-2,10-13,19,24-28H2,3-7H3,(H,45,50)/t29-,33+,34-,35+,37-,38-,39+,40+,44-/m0/s1. The molecule has 2 bridgehead atoms. The number of esters is 1. The number of rotatable bonds is 21. The van der Waals surface area contributed by atoms with Gasteiger partial charge < -0.3 is 39.3 Å². The number of fused-ring (bicyclic) bond motifs is 1. The van der Waals surface area contributed by atoms with Crippen LogP contribution in [0, 0.1) is 17.8 Å². The molecule has 0 unspecified atom stereocenters. The molecule has 12 heteroatoms. The molecule has 3 fully saturated rings. The number of methoxy groups -OCH3 is 1. The second kappa shape index (κ2) is 19.1. The molecule has 0 aromatic heterocycles. The molecule has 3 heterocycles. The van der Waals surface area contributed by atoms with Crippen molar-refractivity contribution in [2.75, 3.05) is 49.8 Å². The molecule has 2 N–H and O–H groups in total. The predicted molar refractivity (Wildman–Crippen MR) is 216 cm³/mol. The maximum Gasteiger partial charge on any atom is 0.313 e. The van der Waals surface area contributed by atoms with Gasteiger partial charge in [-0.2, -0.15) is 0 Å². The van der Waals surface area contributed by atoms with E-state index in [1.807, 2.05) is 68.4 Å². The van der Waals surface area contributed by atoms with Crippen LogP contribution in [0.2, 0.25) is 0 Å². The Labute approximate surface area is 331 Å². The second-order valence-electron chi connectivity index (χ2n) is 15.1. The number of amides is 3. The van der Waals surface area contributed by atoms with Crippen LogP contribution in [-0.2, 0) is 33.4 Å². The molecule has 12 nitrogen and oxygen atoms in total. The molecule has 56 heavy (non-hydrogen) atoms. The van der Waals surface area contributed by atoms with Gasteiger partial charge >= 0.3 is 5.97 Å². The van der Waals surface area contributed by atoms with Crippen LogP contribution < -0.4 is 15.1 Å². The zero-order chi connectivity index (χ0) is 40.6. The van der Waals surface area contributed by atoms with Crippen molar-refractivity contribution in [1.29, 1.82) is 0 Å². The van der Waals surface area contributed by atoms with Crippen LogP contribution in [0.15, 0.2) is 79.9 Å². The van der Waals surface area contributed by atoms with Crippen molar-refractivity contribution in [3.63, 3.8) is 0 Å². The first-order valence-corrected chi connectivity index (χ1v) is 20.1. The Morgan fingerprint density at radius 2 is 1.73 bits per heavy atom. The number of carbonyl (C=O) groups excluding carboxylic acids is 4. The molecular weight excluding hydrogens is 713 g/mol. The number of likely N-dealkylation sites (tertiary alicyclic amines) is 1. The van der Waals surface area contributed by atoms with Crippen LogP contribution in [0.1, 0.15) is 71.5 Å². The highest BCUT2D eigenvalue weighted by atomic mass is 16.6. The van der Waals surface area contributed by atoms with E-state index >= 15 is 9.59 Å². The number of allylic oxidation sites excluding steroid dienone is 1. The molecule has 1 spiro atoms. The molecule has 3 aliphatic heterocycles. The summed E-state index contributed by atoms with van der Waals surface area (Å²) in [6, 6.07) is 14.3. The number of aliphatic hydroxyl groups excluding tert-OH is 1. The number of aliphatic hydroxyl groups is 1. The first-order valence-electron chi connectivity index (χ1n) is 20.1. The van der Waals surface area contributed by atoms with Crippen LogP contribution in [0.3, 0.4) is 0 Å². The first kappa shape index (κ1) is 42.6. The van der Waals surface area contributed by atoms with E-state index in [0.717, 1.165) is 18.8 Å². The van der Waals surface area contributed by atoms with Gasteiger partial charge in [0.1, 0.15) is 17.7 Å². The Bertz CT molecular complexity index is 1680. The second-order valence-corrected chi connectivity index (χ2v) is 15.1. The predicted octanol–water partition coefficient (Wildman–Crippen LogP) is 5.22. The number of benzene rings is 2. The quantitative estimate of drug-likeness (QED) is 0.129. The molecular formula is C44H60N4O8. The average molecular weight is 773 g/mol. The summed E-state index contributed by atoms with van der Waals surface area (Å²) in [6.45, 7) is 17.3. The Kier molecular flexibility index (Phi) is 14.5. The van der Waals surface area contributed by atoms with Gasteiger partial charge in [-0.05, 0) is 68.9 Å². The fraction of sp³-hybridized carbons (Fsp3) is 0.545. The van der Waals surface area contributed by atoms with Crippen LogP contribution in [-0.4, -0.2) is 103 Å². The third-order valence-corrected chi connectivity index (χ3v) is 12.0. The minimum Gasteiger partial charge on any atom is -0.455 e. The van der Waals surface area contributed by atoms with Crippen molar-refractivity contribution >= 4 is 35.1 Å². The van der Waals surface area contributed by atoms with Crippen molar-refractivity contribution in [2.24, 2.45) is 17.8 Å². The summed E-state index contributed by atoms with van der Waals surface area (Å²) in [4.78, 5) is 63.2. The fourth-order valence-electron chi connectivity index (χ4n) is 8.97. The number of carbonyl (C=O) groups is 4. The lowest BCUT2D eigenvalue weighted by Crippen LogP contribution is -2.60. The van der Waals surface area contributed by atoms with Gasteiger partial charge in [0, 0.05) is 44.5 Å². The highest BCUT2D eigenvalue weighted by molar-refractivity contribution is 6.05. The molecule has 5 rings (SSSR count). The van der Waals surface area contributed by atoms with Crippen LogP contribution in [0.4, 0.5) is 11.4 Å². The van der Waals surface area contributed by atoms with Crippen molar-refractivity contribution in [2.45, 2.75) is 95.7 Å². The number of hydrogen-bond donors (Lipinski definition) is 2. The van der Waals surface area contributed by atoms with E-state index in [-0.39, 0.29) is 43.9 Å². The van der Waals surface area contributed by atoms with Gasteiger partial charge in [-0.1, -0.05) is 62.8 Å². The maximum atomic E-state index is 15.2. The summed E-state index contributed by atoms with van der Waals surface area (Å²) in [7, 11) is 1.51. The van der Waals surface area contributed by atoms with Gasteiger partial charge in [-0.3, -0.25) is 19.2 Å². The Hall–Kier alpha value is -4.52. The fourth-order valence-corrected chi connectivity index (χ4v) is 8.97. The Morgan fingerprint density at radius 3 is 2.32 bits per heavy atom. The van der Waals surface area contributed by atoms with Crippen LogP contribution in [0.25, 0.3) is 0 Å². The summed E-state index contributed by atoms with van der Waals surface area (Å²) in [6.07, 6.45) is 3.80. The van der Waals surface area contributed by atoms with E-state index < -0.39 is 59.6 Å². The molecule has 3 amide bonds. The first-order chi connectivity index (χ1) is 27.0. The van der Waals surface area contributed by atoms with Gasteiger partial charge in [-0.25, -0.2) is 0 Å². The number of anilines is 2. The molecule has 0 aliphatic carbocycles. The van der Waals surface area contributed by atoms with Crippen LogP contribution in [0.5, 0.6) is 0 Å². The SMILES string of the molecule is C=CCCC(=O)N[C@H](COC)[C@H](OC(=O)[C@@H]1[C@H]2C(=O)N([C@@H](CO)[C@@H](C)CC)[C@H](C(=O)N(CC=C)c3ccc(N(CC)CC)cc3)[C@]23CC[C@H]1O3)c1ccccc1. The Balaban J connectivity index is 1.54. The normalized spacial score (nSPS) is 24.5. The number of ether oxygens (including phenoxy) is 3. The molecule has 304 valence electrons. The minimum atomic E-state index is -1.34. The van der Waals surface area contributed by atoms with Crippen molar-refractivity contribution in [1.82, 2.24) is 10.2 Å². The molecule has 0 radical (unpaired) electrons. The summed E-state index contributed by atoms with van der Waals surface area (Å²) in [5.74, 6) is -3.91. The summed E-state index contributed by atoms with van der Waals surface area (Å²) in [5, 5.41) is 13.8. The molecule has 3 aliphatic rings. The average Bonchev–Trinajstić information content (AvgIpc) is 3.86. The molecule has 3 saturated heterocycles. The smallest absolute Gasteiger partial charge is 0.313 e. The Morgan fingerprint density at radius 1 is 1.05 bits per heavy atom. The van der Waals surface area contributed by atoms with Crippen LogP contribution >= 0.6 is 0 Å². The maximum absolute atomic E-state index is 15.2. The summed E-state index contributed by atoms with van der Waals surface area (Å²) in [5.41, 5.74) is 0.963. The molecule has 9 atom stereocenters. The largest absolute Gasteiger partial charge is 0.455 e. The van der Waals surface area contributed by atoms with Gasteiger partial charge in [0.25, 0.3) is 5.91 Å². The molecule has 2 aromatic rings. The molecule has 0 saturated carbocycles. The van der Waals surface area contributed by atoms with Gasteiger partial charge in [-0.15, -0.1) is 13.2 Å². The number of nitrogens with one attached hydrogen (secondary N) is 1. The van der Waals surface area contributed by atoms with Gasteiger partial charge in [0.15, 0.2) is 0 Å². The topological polar surface area (TPSA) is 138 Å². The lowest BCUT2D eigenvalue weighted by atomic mass is 9.70. The van der Waals surface area contributed by atoms with E-state index in [1.165, 1.54) is 12.0 Å². The van der Waals surface area contributed by atoms with Crippen molar-refractivity contribution < 1.29 is 38.5 Å². The third-order valence-electron chi connectivity index (χ3n) is 12.0. The van der Waals surface area contributed by atoms with E-state index in [4.69, 9.17) is 14.2 Å². The third kappa shape index (κ3) is 8.28. The highest BCUT2D eigenvalue weighted by Crippen LogP contribution is 2.60. The van der Waals surface area contributed by atoms with Crippen molar-refractivity contribution in [3.05, 3.63) is 85.5 Å². The van der Waals surface area contributed by atoms with Gasteiger partial charge in [0.2, 0.25) is 11.8 Å². The monoisotopic (exact) mass is 772 g/mol.